The van der Waals surface area contributed by atoms with Crippen LogP contribution in [0.5, 0.6) is 0 Å². The van der Waals surface area contributed by atoms with Gasteiger partial charge in [-0.3, -0.25) is 0 Å². The van der Waals surface area contributed by atoms with E-state index in [1.54, 1.807) is 0 Å². The van der Waals surface area contributed by atoms with Gasteiger partial charge in [-0.1, -0.05) is 0 Å². The normalized spacial score (nSPS) is 30.8. The van der Waals surface area contributed by atoms with E-state index in [9.17, 15) is 8.42 Å². The summed E-state index contributed by atoms with van der Waals surface area (Å²) in [5, 5.41) is 3.34. The second kappa shape index (κ2) is 7.02. The number of hydrogen-bond acceptors (Lipinski definition) is 5. The molecule has 0 aliphatic carbocycles. The molecule has 2 aliphatic heterocycles. The Morgan fingerprint density at radius 2 is 2.16 bits per heavy atom. The van der Waals surface area contributed by atoms with Crippen LogP contribution in [0.1, 0.15) is 25.7 Å². The SMILES string of the molecule is CN(CCNC1CCS(=O)(=O)C1)CC1CCCCO1. The Bertz CT molecular complexity index is 366. The molecule has 2 atom stereocenters. The highest BCUT2D eigenvalue weighted by Crippen LogP contribution is 2.13. The zero-order chi connectivity index (χ0) is 13.7. The van der Waals surface area contributed by atoms with Crippen LogP contribution in [0, 0.1) is 0 Å². The van der Waals surface area contributed by atoms with Gasteiger partial charge in [-0.05, 0) is 32.7 Å². The molecule has 2 heterocycles. The first-order chi connectivity index (χ1) is 9.05. The van der Waals surface area contributed by atoms with Crippen molar-refractivity contribution in [3.8, 4) is 0 Å². The first kappa shape index (κ1) is 15.2. The summed E-state index contributed by atoms with van der Waals surface area (Å²) in [5.74, 6) is 0.652. The first-order valence-corrected chi connectivity index (χ1v) is 9.11. The molecule has 6 heteroatoms. The molecule has 0 radical (unpaired) electrons. The highest BCUT2D eigenvalue weighted by atomic mass is 32.2. The minimum Gasteiger partial charge on any atom is -0.377 e. The summed E-state index contributed by atoms with van der Waals surface area (Å²) in [6.07, 6.45) is 4.77. The molecule has 0 saturated carbocycles. The Morgan fingerprint density at radius 1 is 1.32 bits per heavy atom. The molecule has 112 valence electrons. The highest BCUT2D eigenvalue weighted by Gasteiger charge is 2.27. The van der Waals surface area contributed by atoms with Gasteiger partial charge in [0.05, 0.1) is 17.6 Å². The summed E-state index contributed by atoms with van der Waals surface area (Å²) in [5.41, 5.74) is 0. The van der Waals surface area contributed by atoms with E-state index in [4.69, 9.17) is 4.74 Å². The summed E-state index contributed by atoms with van der Waals surface area (Å²) >= 11 is 0. The van der Waals surface area contributed by atoms with Crippen LogP contribution < -0.4 is 5.32 Å². The Kier molecular flexibility index (Phi) is 5.62. The number of nitrogens with zero attached hydrogens (tertiary/aromatic N) is 1. The largest absolute Gasteiger partial charge is 0.377 e. The van der Waals surface area contributed by atoms with Crippen molar-refractivity contribution in [2.75, 3.05) is 44.8 Å². The minimum absolute atomic E-state index is 0.157. The van der Waals surface area contributed by atoms with Gasteiger partial charge in [-0.2, -0.15) is 0 Å². The third kappa shape index (κ3) is 5.38. The molecule has 2 fully saturated rings. The predicted octanol–water partition coefficient (Wildman–Crippen LogP) is 0.264. The second-order valence-corrected chi connectivity index (χ2v) is 8.03. The van der Waals surface area contributed by atoms with Crippen LogP contribution in [-0.4, -0.2) is 70.3 Å². The van der Waals surface area contributed by atoms with E-state index in [-0.39, 0.29) is 6.04 Å². The van der Waals surface area contributed by atoms with Gasteiger partial charge in [-0.25, -0.2) is 8.42 Å². The molecule has 0 aromatic heterocycles. The summed E-state index contributed by atoms with van der Waals surface area (Å²) in [6.45, 7) is 3.67. The van der Waals surface area contributed by atoms with Gasteiger partial charge >= 0.3 is 0 Å². The molecular formula is C13H26N2O3S. The maximum atomic E-state index is 11.3. The van der Waals surface area contributed by atoms with Crippen molar-refractivity contribution < 1.29 is 13.2 Å². The summed E-state index contributed by atoms with van der Waals surface area (Å²) in [7, 11) is -0.663. The third-order valence-electron chi connectivity index (χ3n) is 3.95. The lowest BCUT2D eigenvalue weighted by atomic mass is 10.1. The van der Waals surface area contributed by atoms with E-state index < -0.39 is 9.84 Å². The van der Waals surface area contributed by atoms with Gasteiger partial charge in [0.2, 0.25) is 0 Å². The van der Waals surface area contributed by atoms with Crippen molar-refractivity contribution in [3.63, 3.8) is 0 Å². The molecule has 0 spiro atoms. The van der Waals surface area contributed by atoms with E-state index in [2.05, 4.69) is 17.3 Å². The lowest BCUT2D eigenvalue weighted by Crippen LogP contribution is -2.40. The fourth-order valence-corrected chi connectivity index (χ4v) is 4.51. The Balaban J connectivity index is 1.57. The van der Waals surface area contributed by atoms with E-state index in [1.165, 1.54) is 19.3 Å². The van der Waals surface area contributed by atoms with Gasteiger partial charge in [0.1, 0.15) is 0 Å². The number of sulfone groups is 1. The van der Waals surface area contributed by atoms with Crippen molar-refractivity contribution >= 4 is 9.84 Å². The van der Waals surface area contributed by atoms with Crippen LogP contribution in [0.25, 0.3) is 0 Å². The van der Waals surface area contributed by atoms with Crippen LogP contribution in [0.15, 0.2) is 0 Å². The minimum atomic E-state index is -2.76. The average Bonchev–Trinajstić information content (AvgIpc) is 2.70. The van der Waals surface area contributed by atoms with Crippen LogP contribution in [0.3, 0.4) is 0 Å². The standard InChI is InChI=1S/C13H26N2O3S/c1-15(10-13-4-2-3-8-18-13)7-6-14-12-5-9-19(16,17)11-12/h12-14H,2-11H2,1H3. The molecule has 19 heavy (non-hydrogen) atoms. The van der Waals surface area contributed by atoms with Crippen molar-refractivity contribution in [1.29, 1.82) is 0 Å². The molecule has 0 aromatic rings. The number of ether oxygens (including phenoxy) is 1. The lowest BCUT2D eigenvalue weighted by molar-refractivity contribution is -0.00127. The fraction of sp³-hybridized carbons (Fsp3) is 1.00. The van der Waals surface area contributed by atoms with Gasteiger partial charge in [0.15, 0.2) is 9.84 Å². The van der Waals surface area contributed by atoms with Crippen molar-refractivity contribution in [2.45, 2.75) is 37.8 Å². The van der Waals surface area contributed by atoms with Crippen LogP contribution in [0.2, 0.25) is 0 Å². The van der Waals surface area contributed by atoms with Crippen molar-refractivity contribution in [1.82, 2.24) is 10.2 Å². The van der Waals surface area contributed by atoms with Gasteiger partial charge < -0.3 is 15.0 Å². The zero-order valence-electron chi connectivity index (χ0n) is 11.8. The molecule has 0 bridgehead atoms. The van der Waals surface area contributed by atoms with Crippen LogP contribution >= 0.6 is 0 Å². The maximum Gasteiger partial charge on any atom is 0.151 e. The Morgan fingerprint density at radius 3 is 2.79 bits per heavy atom. The number of rotatable bonds is 6. The zero-order valence-corrected chi connectivity index (χ0v) is 12.6. The fourth-order valence-electron chi connectivity index (χ4n) is 2.81. The predicted molar refractivity (Wildman–Crippen MR) is 76.1 cm³/mol. The van der Waals surface area contributed by atoms with Crippen LogP contribution in [0.4, 0.5) is 0 Å². The molecule has 2 aliphatic rings. The highest BCUT2D eigenvalue weighted by molar-refractivity contribution is 7.91. The van der Waals surface area contributed by atoms with Gasteiger partial charge in [0, 0.05) is 32.3 Å². The Labute approximate surface area is 116 Å². The summed E-state index contributed by atoms with van der Waals surface area (Å²) in [6, 6.07) is 0.157. The maximum absolute atomic E-state index is 11.3. The topological polar surface area (TPSA) is 58.6 Å². The van der Waals surface area contributed by atoms with Crippen LogP contribution in [-0.2, 0) is 14.6 Å². The van der Waals surface area contributed by atoms with E-state index >= 15 is 0 Å². The lowest BCUT2D eigenvalue weighted by Gasteiger charge is -2.27. The van der Waals surface area contributed by atoms with E-state index in [0.29, 0.717) is 17.6 Å². The molecule has 5 nitrogen and oxygen atoms in total. The summed E-state index contributed by atoms with van der Waals surface area (Å²) in [4.78, 5) is 2.27. The molecule has 0 aromatic carbocycles. The molecule has 1 N–H and O–H groups in total. The second-order valence-electron chi connectivity index (χ2n) is 5.80. The molecule has 0 amide bonds. The third-order valence-corrected chi connectivity index (χ3v) is 5.72. The van der Waals surface area contributed by atoms with Gasteiger partial charge in [-0.15, -0.1) is 0 Å². The van der Waals surface area contributed by atoms with E-state index in [0.717, 1.165) is 32.7 Å². The number of hydrogen-bond donors (Lipinski definition) is 1. The number of nitrogens with one attached hydrogen (secondary N) is 1. The summed E-state index contributed by atoms with van der Waals surface area (Å²) < 4.78 is 28.4. The monoisotopic (exact) mass is 290 g/mol. The Hall–Kier alpha value is -0.170. The molecular weight excluding hydrogens is 264 g/mol. The number of likely N-dealkylation sites (N-methyl/N-ethyl adjacent to an activating group) is 1. The van der Waals surface area contributed by atoms with Gasteiger partial charge in [0.25, 0.3) is 0 Å². The average molecular weight is 290 g/mol. The van der Waals surface area contributed by atoms with Crippen molar-refractivity contribution in [2.24, 2.45) is 0 Å². The smallest absolute Gasteiger partial charge is 0.151 e. The molecule has 2 unspecified atom stereocenters. The van der Waals surface area contributed by atoms with E-state index in [1.807, 2.05) is 0 Å². The molecule has 2 saturated heterocycles. The van der Waals surface area contributed by atoms with Crippen molar-refractivity contribution in [3.05, 3.63) is 0 Å². The molecule has 2 rings (SSSR count). The first-order valence-electron chi connectivity index (χ1n) is 7.29. The quantitative estimate of drug-likeness (QED) is 0.760.